The molecule has 0 aliphatic rings. The molecule has 0 aliphatic carbocycles. The second-order valence-corrected chi connectivity index (χ2v) is 5.16. The van der Waals surface area contributed by atoms with Crippen molar-refractivity contribution in [2.24, 2.45) is 0 Å². The van der Waals surface area contributed by atoms with Crippen LogP contribution in [-0.4, -0.2) is 19.1 Å². The van der Waals surface area contributed by atoms with Crippen LogP contribution in [0.15, 0.2) is 79.0 Å². The van der Waals surface area contributed by atoms with Gasteiger partial charge in [-0.1, -0.05) is 36.4 Å². The maximum absolute atomic E-state index is 4.49. The molecule has 3 rings (SSSR count). The average Bonchev–Trinajstić information content (AvgIpc) is 2.62. The number of anilines is 4. The molecule has 3 nitrogen and oxygen atoms in total. The van der Waals surface area contributed by atoms with Gasteiger partial charge in [-0.3, -0.25) is 0 Å². The average molecular weight is 289 g/mol. The Bertz CT molecular complexity index is 665. The van der Waals surface area contributed by atoms with Crippen LogP contribution < -0.4 is 9.80 Å². The Morgan fingerprint density at radius 1 is 0.636 bits per heavy atom. The Labute approximate surface area is 131 Å². The second kappa shape index (κ2) is 6.31. The Kier molecular flexibility index (Phi) is 4.05. The fourth-order valence-electron chi connectivity index (χ4n) is 2.38. The molecular weight excluding hydrogens is 270 g/mol. The summed E-state index contributed by atoms with van der Waals surface area (Å²) in [7, 11) is 4.10. The number of rotatable bonds is 4. The molecule has 110 valence electrons. The molecule has 0 atom stereocenters. The molecule has 1 heterocycles. The second-order valence-electron chi connectivity index (χ2n) is 5.16. The summed E-state index contributed by atoms with van der Waals surface area (Å²) >= 11 is 0. The SMILES string of the molecule is CN(c1ccccc1)c1ccnc(N(C)c2ccccc2)c1. The summed E-state index contributed by atoms with van der Waals surface area (Å²) in [6.07, 6.45) is 1.85. The first-order chi connectivity index (χ1) is 10.8. The van der Waals surface area contributed by atoms with Gasteiger partial charge in [0.15, 0.2) is 0 Å². The predicted molar refractivity (Wildman–Crippen MR) is 93.2 cm³/mol. The smallest absolute Gasteiger partial charge is 0.134 e. The van der Waals surface area contributed by atoms with Crippen LogP contribution in [0.25, 0.3) is 0 Å². The third-order valence-corrected chi connectivity index (χ3v) is 3.75. The van der Waals surface area contributed by atoms with E-state index in [1.807, 2.05) is 55.7 Å². The van der Waals surface area contributed by atoms with E-state index in [1.165, 1.54) is 0 Å². The number of hydrogen-bond acceptors (Lipinski definition) is 3. The van der Waals surface area contributed by atoms with Gasteiger partial charge in [0, 0.05) is 43.4 Å². The van der Waals surface area contributed by atoms with Crippen molar-refractivity contribution < 1.29 is 0 Å². The molecule has 22 heavy (non-hydrogen) atoms. The fourth-order valence-corrected chi connectivity index (χ4v) is 2.38. The minimum absolute atomic E-state index is 0.923. The first-order valence-electron chi connectivity index (χ1n) is 7.29. The van der Waals surface area contributed by atoms with Gasteiger partial charge in [0.05, 0.1) is 0 Å². The first kappa shape index (κ1) is 14.1. The van der Waals surface area contributed by atoms with E-state index in [-0.39, 0.29) is 0 Å². The number of hydrogen-bond donors (Lipinski definition) is 0. The van der Waals surface area contributed by atoms with Crippen LogP contribution in [0.2, 0.25) is 0 Å². The maximum atomic E-state index is 4.49. The van der Waals surface area contributed by atoms with Crippen molar-refractivity contribution in [2.45, 2.75) is 0 Å². The Morgan fingerprint density at radius 3 is 1.77 bits per heavy atom. The lowest BCUT2D eigenvalue weighted by molar-refractivity contribution is 1.11. The van der Waals surface area contributed by atoms with Crippen LogP contribution in [0.3, 0.4) is 0 Å². The van der Waals surface area contributed by atoms with Crippen LogP contribution in [0, 0.1) is 0 Å². The predicted octanol–water partition coefficient (Wildman–Crippen LogP) is 4.62. The largest absolute Gasteiger partial charge is 0.344 e. The molecule has 0 bridgehead atoms. The van der Waals surface area contributed by atoms with Crippen molar-refractivity contribution in [1.29, 1.82) is 0 Å². The normalized spacial score (nSPS) is 10.3. The number of para-hydroxylation sites is 2. The van der Waals surface area contributed by atoms with Gasteiger partial charge >= 0.3 is 0 Å². The van der Waals surface area contributed by atoms with Crippen LogP contribution >= 0.6 is 0 Å². The van der Waals surface area contributed by atoms with Gasteiger partial charge < -0.3 is 9.80 Å². The third kappa shape index (κ3) is 2.93. The van der Waals surface area contributed by atoms with E-state index in [0.29, 0.717) is 0 Å². The summed E-state index contributed by atoms with van der Waals surface area (Å²) < 4.78 is 0. The van der Waals surface area contributed by atoms with Gasteiger partial charge in [-0.25, -0.2) is 4.98 Å². The Balaban J connectivity index is 1.90. The van der Waals surface area contributed by atoms with Gasteiger partial charge in [0.25, 0.3) is 0 Å². The standard InChI is InChI=1S/C19H19N3/c1-21(16-9-5-3-6-10-16)18-13-14-20-19(15-18)22(2)17-11-7-4-8-12-17/h3-15H,1-2H3. The van der Waals surface area contributed by atoms with Crippen LogP contribution in [0.4, 0.5) is 22.9 Å². The molecule has 0 N–H and O–H groups in total. The van der Waals surface area contributed by atoms with Gasteiger partial charge in [0.1, 0.15) is 5.82 Å². The third-order valence-electron chi connectivity index (χ3n) is 3.75. The van der Waals surface area contributed by atoms with Crippen LogP contribution in [0.5, 0.6) is 0 Å². The lowest BCUT2D eigenvalue weighted by atomic mass is 10.2. The molecule has 1 aromatic heterocycles. The summed E-state index contributed by atoms with van der Waals surface area (Å²) in [4.78, 5) is 8.73. The molecule has 0 saturated carbocycles. The van der Waals surface area contributed by atoms with Crippen molar-refractivity contribution in [3.8, 4) is 0 Å². The monoisotopic (exact) mass is 289 g/mol. The molecule has 3 aromatic rings. The van der Waals surface area contributed by atoms with E-state index in [4.69, 9.17) is 0 Å². The fraction of sp³-hybridized carbons (Fsp3) is 0.105. The molecule has 0 spiro atoms. The van der Waals surface area contributed by atoms with Crippen molar-refractivity contribution in [3.63, 3.8) is 0 Å². The highest BCUT2D eigenvalue weighted by Crippen LogP contribution is 2.28. The van der Waals surface area contributed by atoms with Crippen molar-refractivity contribution in [1.82, 2.24) is 4.98 Å². The van der Waals surface area contributed by atoms with Gasteiger partial charge in [-0.15, -0.1) is 0 Å². The summed E-state index contributed by atoms with van der Waals surface area (Å²) in [5, 5.41) is 0. The molecule has 2 aromatic carbocycles. The first-order valence-corrected chi connectivity index (χ1v) is 7.29. The van der Waals surface area contributed by atoms with E-state index in [0.717, 1.165) is 22.9 Å². The van der Waals surface area contributed by atoms with Gasteiger partial charge in [0.2, 0.25) is 0 Å². The molecule has 0 fully saturated rings. The molecular formula is C19H19N3. The Hall–Kier alpha value is -2.81. The lowest BCUT2D eigenvalue weighted by Crippen LogP contribution is -2.13. The summed E-state index contributed by atoms with van der Waals surface area (Å²) in [6, 6.07) is 24.7. The number of aromatic nitrogens is 1. The zero-order valence-corrected chi connectivity index (χ0v) is 12.8. The van der Waals surface area contributed by atoms with Crippen LogP contribution in [-0.2, 0) is 0 Å². The van der Waals surface area contributed by atoms with E-state index in [1.54, 1.807) is 0 Å². The van der Waals surface area contributed by atoms with Crippen molar-refractivity contribution >= 4 is 22.9 Å². The van der Waals surface area contributed by atoms with Crippen LogP contribution in [0.1, 0.15) is 0 Å². The van der Waals surface area contributed by atoms with E-state index in [9.17, 15) is 0 Å². The highest BCUT2D eigenvalue weighted by Gasteiger charge is 2.08. The summed E-state index contributed by atoms with van der Waals surface area (Å²) in [6.45, 7) is 0. The zero-order chi connectivity index (χ0) is 15.4. The maximum Gasteiger partial charge on any atom is 0.134 e. The number of pyridine rings is 1. The lowest BCUT2D eigenvalue weighted by Gasteiger charge is -2.23. The highest BCUT2D eigenvalue weighted by molar-refractivity contribution is 5.68. The van der Waals surface area contributed by atoms with E-state index < -0.39 is 0 Å². The van der Waals surface area contributed by atoms with E-state index >= 15 is 0 Å². The molecule has 0 saturated heterocycles. The molecule has 0 radical (unpaired) electrons. The topological polar surface area (TPSA) is 19.4 Å². The van der Waals surface area contributed by atoms with Crippen molar-refractivity contribution in [3.05, 3.63) is 79.0 Å². The number of benzene rings is 2. The molecule has 0 aliphatic heterocycles. The molecule has 0 amide bonds. The summed E-state index contributed by atoms with van der Waals surface area (Å²) in [5.74, 6) is 0.923. The van der Waals surface area contributed by atoms with E-state index in [2.05, 4.69) is 52.2 Å². The minimum atomic E-state index is 0.923. The minimum Gasteiger partial charge on any atom is -0.344 e. The molecule has 0 unspecified atom stereocenters. The van der Waals surface area contributed by atoms with Gasteiger partial charge in [-0.05, 0) is 30.3 Å². The Morgan fingerprint density at radius 2 is 1.18 bits per heavy atom. The highest BCUT2D eigenvalue weighted by atomic mass is 15.2. The quantitative estimate of drug-likeness (QED) is 0.698. The number of nitrogens with zero attached hydrogens (tertiary/aromatic N) is 3. The van der Waals surface area contributed by atoms with Gasteiger partial charge in [-0.2, -0.15) is 0 Å². The summed E-state index contributed by atoms with van der Waals surface area (Å²) in [5.41, 5.74) is 3.38. The zero-order valence-electron chi connectivity index (χ0n) is 12.8. The molecule has 3 heteroatoms. The van der Waals surface area contributed by atoms with Crippen molar-refractivity contribution in [2.75, 3.05) is 23.9 Å².